The number of thioether (sulfide) groups is 1. The zero-order valence-electron chi connectivity index (χ0n) is 17.4. The molecule has 32 heavy (non-hydrogen) atoms. The summed E-state index contributed by atoms with van der Waals surface area (Å²) < 4.78 is 15.2. The third kappa shape index (κ3) is 5.74. The van der Waals surface area contributed by atoms with Crippen LogP contribution in [0.1, 0.15) is 59.2 Å². The van der Waals surface area contributed by atoms with Crippen LogP contribution in [0.2, 0.25) is 0 Å². The Labute approximate surface area is 193 Å². The smallest absolute Gasteiger partial charge is 0.269 e. The number of benzene rings is 1. The molecule has 1 fully saturated rings. The Balaban J connectivity index is 1.37. The number of carbonyl (C=O) groups is 2. The zero-order chi connectivity index (χ0) is 22.3. The number of carbonyl (C=O) groups excluding carboxylic acids is 2. The maximum Gasteiger partial charge on any atom is 0.269 e. The summed E-state index contributed by atoms with van der Waals surface area (Å²) in [5.41, 5.74) is 5.01. The van der Waals surface area contributed by atoms with Crippen molar-refractivity contribution in [2.24, 2.45) is 0 Å². The fraction of sp³-hybridized carbons (Fsp3) is 0.364. The predicted octanol–water partition coefficient (Wildman–Crippen LogP) is 4.13. The average Bonchev–Trinajstić information content (AvgIpc) is 3.47. The van der Waals surface area contributed by atoms with Crippen LogP contribution in [0.4, 0.5) is 4.39 Å². The molecule has 10 heteroatoms. The van der Waals surface area contributed by atoms with Crippen molar-refractivity contribution in [1.82, 2.24) is 25.6 Å². The Hall–Kier alpha value is -2.72. The van der Waals surface area contributed by atoms with Crippen molar-refractivity contribution in [1.29, 1.82) is 0 Å². The Kier molecular flexibility index (Phi) is 7.54. The molecule has 2 N–H and O–H groups in total. The van der Waals surface area contributed by atoms with Crippen LogP contribution in [0.25, 0.3) is 0 Å². The lowest BCUT2D eigenvalue weighted by Gasteiger charge is -2.25. The number of aromatic nitrogens is 3. The Morgan fingerprint density at radius 2 is 1.88 bits per heavy atom. The predicted molar refractivity (Wildman–Crippen MR) is 122 cm³/mol. The monoisotopic (exact) mass is 473 g/mol. The molecular formula is C22H24FN5O2S2. The van der Waals surface area contributed by atoms with Gasteiger partial charge in [0.1, 0.15) is 11.6 Å². The Bertz CT molecular complexity index is 1050. The number of hydrogen-bond acceptors (Lipinski definition) is 6. The van der Waals surface area contributed by atoms with E-state index in [1.165, 1.54) is 60.2 Å². The molecule has 1 aliphatic carbocycles. The van der Waals surface area contributed by atoms with Crippen molar-refractivity contribution in [2.75, 3.05) is 5.75 Å². The summed E-state index contributed by atoms with van der Waals surface area (Å²) in [6.45, 7) is 0. The van der Waals surface area contributed by atoms with Crippen molar-refractivity contribution < 1.29 is 14.0 Å². The first-order valence-electron chi connectivity index (χ1n) is 10.5. The van der Waals surface area contributed by atoms with Gasteiger partial charge in [-0.15, -0.1) is 21.5 Å². The maximum atomic E-state index is 13.0. The second-order valence-electron chi connectivity index (χ2n) is 7.61. The third-order valence-corrected chi connectivity index (χ3v) is 7.16. The van der Waals surface area contributed by atoms with Gasteiger partial charge in [0, 0.05) is 22.9 Å². The van der Waals surface area contributed by atoms with E-state index < -0.39 is 11.7 Å². The molecule has 0 aliphatic heterocycles. The van der Waals surface area contributed by atoms with Gasteiger partial charge in [-0.05, 0) is 48.6 Å². The molecule has 0 unspecified atom stereocenters. The second-order valence-corrected chi connectivity index (χ2v) is 9.59. The van der Waals surface area contributed by atoms with E-state index in [4.69, 9.17) is 0 Å². The second kappa shape index (κ2) is 10.7. The highest BCUT2D eigenvalue weighted by atomic mass is 32.2. The number of nitrogens with one attached hydrogen (secondary N) is 2. The molecule has 0 radical (unpaired) electrons. The van der Waals surface area contributed by atoms with Gasteiger partial charge in [-0.2, -0.15) is 0 Å². The highest BCUT2D eigenvalue weighted by molar-refractivity contribution is 7.99. The fourth-order valence-corrected chi connectivity index (χ4v) is 5.29. The zero-order valence-corrected chi connectivity index (χ0v) is 19.1. The molecule has 2 amide bonds. The van der Waals surface area contributed by atoms with Gasteiger partial charge in [-0.3, -0.25) is 20.4 Å². The molecule has 4 rings (SSSR count). The minimum Gasteiger partial charge on any atom is -0.303 e. The van der Waals surface area contributed by atoms with Gasteiger partial charge >= 0.3 is 0 Å². The molecule has 7 nitrogen and oxygen atoms in total. The van der Waals surface area contributed by atoms with Crippen LogP contribution in [0.5, 0.6) is 0 Å². The Morgan fingerprint density at radius 3 is 2.59 bits per heavy atom. The van der Waals surface area contributed by atoms with Crippen molar-refractivity contribution in [3.63, 3.8) is 0 Å². The number of halogens is 1. The van der Waals surface area contributed by atoms with E-state index >= 15 is 0 Å². The summed E-state index contributed by atoms with van der Waals surface area (Å²) in [4.78, 5) is 25.6. The Morgan fingerprint density at radius 1 is 1.09 bits per heavy atom. The summed E-state index contributed by atoms with van der Waals surface area (Å²) in [6.07, 6.45) is 6.51. The van der Waals surface area contributed by atoms with Crippen LogP contribution < -0.4 is 10.9 Å². The van der Waals surface area contributed by atoms with Crippen LogP contribution in [0, 0.1) is 5.82 Å². The normalized spacial score (nSPS) is 14.3. The molecule has 1 aromatic carbocycles. The van der Waals surface area contributed by atoms with Gasteiger partial charge in [-0.1, -0.05) is 37.1 Å². The fourth-order valence-electron chi connectivity index (χ4n) is 3.77. The molecule has 2 heterocycles. The van der Waals surface area contributed by atoms with Crippen molar-refractivity contribution in [2.45, 2.75) is 49.7 Å². The number of thiophene rings is 1. The first-order chi connectivity index (χ1) is 15.6. The summed E-state index contributed by atoms with van der Waals surface area (Å²) in [7, 11) is 0. The van der Waals surface area contributed by atoms with Gasteiger partial charge in [0.05, 0.1) is 5.75 Å². The molecule has 0 atom stereocenters. The lowest BCUT2D eigenvalue weighted by Crippen LogP contribution is -2.42. The number of rotatable bonds is 7. The van der Waals surface area contributed by atoms with Crippen molar-refractivity contribution >= 4 is 34.9 Å². The van der Waals surface area contributed by atoms with Gasteiger partial charge in [0.25, 0.3) is 5.91 Å². The summed E-state index contributed by atoms with van der Waals surface area (Å²) >= 11 is 3.01. The number of amides is 2. The van der Waals surface area contributed by atoms with Crippen LogP contribution >= 0.6 is 23.1 Å². The van der Waals surface area contributed by atoms with Gasteiger partial charge in [0.2, 0.25) is 5.91 Å². The minimum atomic E-state index is -0.507. The van der Waals surface area contributed by atoms with Gasteiger partial charge < -0.3 is 4.57 Å². The first kappa shape index (κ1) is 22.5. The summed E-state index contributed by atoms with van der Waals surface area (Å²) in [6, 6.07) is 9.56. The van der Waals surface area contributed by atoms with Crippen LogP contribution in [-0.2, 0) is 11.2 Å². The van der Waals surface area contributed by atoms with E-state index in [0.717, 1.165) is 30.2 Å². The van der Waals surface area contributed by atoms with E-state index in [-0.39, 0.29) is 17.2 Å². The lowest BCUT2D eigenvalue weighted by atomic mass is 9.95. The third-order valence-electron chi connectivity index (χ3n) is 5.34. The summed E-state index contributed by atoms with van der Waals surface area (Å²) in [5.74, 6) is -0.280. The molecule has 0 spiro atoms. The van der Waals surface area contributed by atoms with E-state index in [2.05, 4.69) is 37.1 Å². The molecule has 3 aromatic rings. The number of hydrogen-bond donors (Lipinski definition) is 2. The molecule has 1 aliphatic rings. The number of hydrazine groups is 1. The lowest BCUT2D eigenvalue weighted by molar-refractivity contribution is -0.119. The topological polar surface area (TPSA) is 88.9 Å². The molecule has 1 saturated carbocycles. The minimum absolute atomic E-state index is 0.0908. The van der Waals surface area contributed by atoms with Gasteiger partial charge in [0.15, 0.2) is 5.16 Å². The van der Waals surface area contributed by atoms with Crippen LogP contribution in [0.3, 0.4) is 0 Å². The molecule has 0 saturated heterocycles. The van der Waals surface area contributed by atoms with Crippen LogP contribution in [-0.4, -0.2) is 32.3 Å². The highest BCUT2D eigenvalue weighted by Gasteiger charge is 2.24. The van der Waals surface area contributed by atoms with E-state index in [0.29, 0.717) is 6.04 Å². The van der Waals surface area contributed by atoms with E-state index in [1.54, 1.807) is 11.3 Å². The van der Waals surface area contributed by atoms with Crippen molar-refractivity contribution in [3.8, 4) is 0 Å². The first-order valence-corrected chi connectivity index (χ1v) is 12.4. The SMILES string of the molecule is O=C(CSc1nnc(Cc2cccs2)n1C1CCCCC1)NNC(=O)c1ccc(F)cc1. The maximum absolute atomic E-state index is 13.0. The van der Waals surface area contributed by atoms with E-state index in [1.807, 2.05) is 6.07 Å². The standard InChI is InChI=1S/C22H24FN5O2S2/c23-16-10-8-15(9-11-16)21(30)26-25-20(29)14-32-22-27-24-19(13-18-7-4-12-31-18)28(22)17-5-2-1-3-6-17/h4,7-12,17H,1-3,5-6,13-14H2,(H,25,29)(H,26,30). The number of nitrogens with zero attached hydrogens (tertiary/aromatic N) is 3. The van der Waals surface area contributed by atoms with Crippen LogP contribution in [0.15, 0.2) is 46.9 Å². The average molecular weight is 474 g/mol. The molecule has 2 aromatic heterocycles. The molecule has 0 bridgehead atoms. The molecular weight excluding hydrogens is 449 g/mol. The van der Waals surface area contributed by atoms with Crippen molar-refractivity contribution in [3.05, 3.63) is 63.9 Å². The van der Waals surface area contributed by atoms with E-state index in [9.17, 15) is 14.0 Å². The quantitative estimate of drug-likeness (QED) is 0.398. The summed E-state index contributed by atoms with van der Waals surface area (Å²) in [5, 5.41) is 11.6. The highest BCUT2D eigenvalue weighted by Crippen LogP contribution is 2.33. The van der Waals surface area contributed by atoms with Gasteiger partial charge in [-0.25, -0.2) is 4.39 Å². The molecule has 168 valence electrons. The largest absolute Gasteiger partial charge is 0.303 e.